The van der Waals surface area contributed by atoms with Gasteiger partial charge in [0.05, 0.1) is 0 Å². The van der Waals surface area contributed by atoms with Crippen LogP contribution in [0.2, 0.25) is 0 Å². The highest BCUT2D eigenvalue weighted by Crippen LogP contribution is 2.25. The molecule has 1 fully saturated rings. The Hall–Kier alpha value is -1.76. The Bertz CT molecular complexity index is 588. The molecule has 0 bridgehead atoms. The number of hydrogen-bond donors (Lipinski definition) is 0. The van der Waals surface area contributed by atoms with Gasteiger partial charge in [0.15, 0.2) is 0 Å². The lowest BCUT2D eigenvalue weighted by Crippen LogP contribution is -2.36. The number of nitrogens with zero attached hydrogens (tertiary/aromatic N) is 7. The zero-order valence-corrected chi connectivity index (χ0v) is 13.5. The molecule has 1 atom stereocenters. The highest BCUT2D eigenvalue weighted by Gasteiger charge is 2.24. The maximum absolute atomic E-state index is 4.58. The van der Waals surface area contributed by atoms with Gasteiger partial charge in [0, 0.05) is 37.9 Å². The molecule has 0 radical (unpaired) electrons. The lowest BCUT2D eigenvalue weighted by molar-refractivity contribution is 0.196. The molecule has 2 aromatic heterocycles. The van der Waals surface area contributed by atoms with Crippen molar-refractivity contribution in [1.82, 2.24) is 34.7 Å². The molecule has 0 spiro atoms. The molecular weight excluding hydrogens is 278 g/mol. The zero-order chi connectivity index (χ0) is 15.4. The van der Waals surface area contributed by atoms with Gasteiger partial charge in [-0.2, -0.15) is 0 Å². The van der Waals surface area contributed by atoms with Crippen LogP contribution in [0.15, 0.2) is 12.4 Å². The van der Waals surface area contributed by atoms with Gasteiger partial charge in [-0.1, -0.05) is 0 Å². The first-order valence-corrected chi connectivity index (χ1v) is 8.24. The summed E-state index contributed by atoms with van der Waals surface area (Å²) >= 11 is 0. The number of piperidine rings is 1. The maximum atomic E-state index is 4.58. The molecule has 1 aliphatic heterocycles. The molecule has 1 aliphatic rings. The molecule has 0 amide bonds. The summed E-state index contributed by atoms with van der Waals surface area (Å²) in [5.41, 5.74) is 0. The largest absolute Gasteiger partial charge is 0.335 e. The van der Waals surface area contributed by atoms with Crippen LogP contribution >= 0.6 is 0 Å². The number of tetrazole rings is 1. The molecule has 0 aliphatic carbocycles. The summed E-state index contributed by atoms with van der Waals surface area (Å²) in [6.07, 6.45) is 7.61. The second-order valence-electron chi connectivity index (χ2n) is 6.01. The molecule has 1 saturated heterocycles. The van der Waals surface area contributed by atoms with E-state index in [2.05, 4.69) is 43.1 Å². The van der Waals surface area contributed by atoms with Gasteiger partial charge in [-0.15, -0.1) is 5.10 Å². The Kier molecular flexibility index (Phi) is 4.82. The van der Waals surface area contributed by atoms with Gasteiger partial charge < -0.3 is 9.47 Å². The summed E-state index contributed by atoms with van der Waals surface area (Å²) in [6.45, 7) is 9.43. The lowest BCUT2D eigenvalue weighted by Gasteiger charge is -2.32. The van der Waals surface area contributed by atoms with Crippen LogP contribution in [0.4, 0.5) is 0 Å². The summed E-state index contributed by atoms with van der Waals surface area (Å²) in [7, 11) is 0. The van der Waals surface area contributed by atoms with E-state index in [1.54, 1.807) is 0 Å². The van der Waals surface area contributed by atoms with Gasteiger partial charge in [0.1, 0.15) is 11.6 Å². The van der Waals surface area contributed by atoms with E-state index in [-0.39, 0.29) is 0 Å². The van der Waals surface area contributed by atoms with Crippen LogP contribution in [-0.4, -0.2) is 54.3 Å². The third kappa shape index (κ3) is 3.35. The molecule has 22 heavy (non-hydrogen) atoms. The van der Waals surface area contributed by atoms with Gasteiger partial charge in [0.25, 0.3) is 0 Å². The van der Waals surface area contributed by atoms with Crippen LogP contribution < -0.4 is 0 Å². The molecule has 0 N–H and O–H groups in total. The van der Waals surface area contributed by atoms with E-state index in [1.165, 1.54) is 25.2 Å². The van der Waals surface area contributed by atoms with Crippen molar-refractivity contribution in [2.45, 2.75) is 52.1 Å². The van der Waals surface area contributed by atoms with Crippen molar-refractivity contribution in [2.75, 3.05) is 19.6 Å². The number of likely N-dealkylation sites (tertiary alicyclic amines) is 1. The van der Waals surface area contributed by atoms with E-state index in [4.69, 9.17) is 0 Å². The van der Waals surface area contributed by atoms with Crippen molar-refractivity contribution in [3.05, 3.63) is 24.0 Å². The zero-order valence-electron chi connectivity index (χ0n) is 13.5. The van der Waals surface area contributed by atoms with Crippen molar-refractivity contribution in [3.63, 3.8) is 0 Å². The predicted molar refractivity (Wildman–Crippen MR) is 83.5 cm³/mol. The smallest absolute Gasteiger partial charge is 0.148 e. The van der Waals surface area contributed by atoms with Crippen LogP contribution in [0.5, 0.6) is 0 Å². The van der Waals surface area contributed by atoms with Gasteiger partial charge in [-0.25, -0.2) is 9.67 Å². The Morgan fingerprint density at radius 3 is 3.00 bits per heavy atom. The van der Waals surface area contributed by atoms with Crippen LogP contribution in [0.25, 0.3) is 0 Å². The first-order valence-electron chi connectivity index (χ1n) is 8.24. The van der Waals surface area contributed by atoms with Crippen molar-refractivity contribution in [2.24, 2.45) is 0 Å². The first-order chi connectivity index (χ1) is 10.8. The average molecular weight is 303 g/mol. The third-order valence-corrected chi connectivity index (χ3v) is 4.51. The van der Waals surface area contributed by atoms with Gasteiger partial charge in [0.2, 0.25) is 0 Å². The molecule has 2 aromatic rings. The fraction of sp³-hybridized carbons (Fsp3) is 0.733. The number of aryl methyl sites for hydroxylation is 3. The van der Waals surface area contributed by atoms with E-state index < -0.39 is 0 Å². The summed E-state index contributed by atoms with van der Waals surface area (Å²) in [6, 6.07) is 0. The molecule has 7 nitrogen and oxygen atoms in total. The lowest BCUT2D eigenvalue weighted by atomic mass is 9.97. The van der Waals surface area contributed by atoms with Gasteiger partial charge in [-0.3, -0.25) is 0 Å². The summed E-state index contributed by atoms with van der Waals surface area (Å²) < 4.78 is 4.16. The van der Waals surface area contributed by atoms with Crippen molar-refractivity contribution in [1.29, 1.82) is 0 Å². The molecule has 0 unspecified atom stereocenters. The number of rotatable bonds is 6. The second-order valence-corrected chi connectivity index (χ2v) is 6.01. The Balaban J connectivity index is 1.51. The molecule has 3 rings (SSSR count). The summed E-state index contributed by atoms with van der Waals surface area (Å²) in [4.78, 5) is 7.14. The molecular formula is C15H25N7. The van der Waals surface area contributed by atoms with E-state index in [9.17, 15) is 0 Å². The van der Waals surface area contributed by atoms with Crippen LogP contribution in [-0.2, 0) is 13.1 Å². The van der Waals surface area contributed by atoms with Crippen LogP contribution in [0, 0.1) is 6.92 Å². The maximum Gasteiger partial charge on any atom is 0.148 e. The molecule has 0 saturated carbocycles. The normalized spacial score (nSPS) is 19.6. The minimum atomic E-state index is 0.568. The van der Waals surface area contributed by atoms with Crippen LogP contribution in [0.3, 0.4) is 0 Å². The quantitative estimate of drug-likeness (QED) is 0.808. The van der Waals surface area contributed by atoms with E-state index in [0.29, 0.717) is 5.92 Å². The number of hydrogen-bond acceptors (Lipinski definition) is 5. The standard InChI is InChI=1S/C15H25N7/c1-3-21-11-7-16-15(21)14-6-4-8-20(12-14)9-5-10-22-13(2)17-18-19-22/h7,11,14H,3-6,8-10,12H2,1-2H3/t14-/m0/s1. The molecule has 0 aromatic carbocycles. The highest BCUT2D eigenvalue weighted by molar-refractivity contribution is 5.03. The molecule has 7 heteroatoms. The third-order valence-electron chi connectivity index (χ3n) is 4.51. The fourth-order valence-corrected chi connectivity index (χ4v) is 3.32. The van der Waals surface area contributed by atoms with E-state index in [1.807, 2.05) is 17.8 Å². The first kappa shape index (κ1) is 15.1. The number of imidazole rings is 1. The van der Waals surface area contributed by atoms with Crippen molar-refractivity contribution < 1.29 is 0 Å². The minimum Gasteiger partial charge on any atom is -0.335 e. The Labute approximate surface area is 131 Å². The Morgan fingerprint density at radius 1 is 1.32 bits per heavy atom. The van der Waals surface area contributed by atoms with Crippen molar-refractivity contribution >= 4 is 0 Å². The SMILES string of the molecule is CCn1ccnc1[C@H]1CCCN(CCCn2nnnc2C)C1. The molecule has 120 valence electrons. The second kappa shape index (κ2) is 7.00. The average Bonchev–Trinajstić information content (AvgIpc) is 3.17. The minimum absolute atomic E-state index is 0.568. The predicted octanol–water partition coefficient (Wildman–Crippen LogP) is 1.47. The fourth-order valence-electron chi connectivity index (χ4n) is 3.32. The number of aromatic nitrogens is 6. The van der Waals surface area contributed by atoms with Gasteiger partial charge in [-0.05, 0) is 56.6 Å². The van der Waals surface area contributed by atoms with Crippen molar-refractivity contribution in [3.8, 4) is 0 Å². The molecule has 3 heterocycles. The van der Waals surface area contributed by atoms with E-state index in [0.717, 1.165) is 38.4 Å². The highest BCUT2D eigenvalue weighted by atomic mass is 15.5. The summed E-state index contributed by atoms with van der Waals surface area (Å²) in [5, 5.41) is 11.6. The summed E-state index contributed by atoms with van der Waals surface area (Å²) in [5.74, 6) is 2.71. The van der Waals surface area contributed by atoms with Crippen LogP contribution in [0.1, 0.15) is 43.8 Å². The monoisotopic (exact) mass is 303 g/mol. The van der Waals surface area contributed by atoms with Gasteiger partial charge >= 0.3 is 0 Å². The Morgan fingerprint density at radius 2 is 2.23 bits per heavy atom. The topological polar surface area (TPSA) is 64.7 Å². The van der Waals surface area contributed by atoms with E-state index >= 15 is 0 Å².